The minimum absolute atomic E-state index is 0.846. The Morgan fingerprint density at radius 3 is 0.724 bits per heavy atom. The SMILES string of the molecule is C1CCC1.CCCCCCCCCCCCCCCCCCCCCCCCCl. The molecule has 0 amide bonds. The Hall–Kier alpha value is 0.290. The number of halogens is 1. The molecule has 0 nitrogen and oxygen atoms in total. The van der Waals surface area contributed by atoms with Crippen LogP contribution in [0, 0.1) is 0 Å². The summed E-state index contributed by atoms with van der Waals surface area (Å²) in [6.07, 6.45) is 37.8. The van der Waals surface area contributed by atoms with Crippen LogP contribution in [0.4, 0.5) is 0 Å². The van der Waals surface area contributed by atoms with Gasteiger partial charge in [0.15, 0.2) is 0 Å². The third kappa shape index (κ3) is 28.3. The van der Waals surface area contributed by atoms with Crippen molar-refractivity contribution in [2.75, 3.05) is 5.88 Å². The molecule has 0 radical (unpaired) electrons. The lowest BCUT2D eigenvalue weighted by atomic mass is 10.0. The third-order valence-corrected chi connectivity index (χ3v) is 6.75. The summed E-state index contributed by atoms with van der Waals surface area (Å²) in [6, 6.07) is 0. The maximum Gasteiger partial charge on any atom is 0.0223 e. The molecule has 0 aliphatic heterocycles. The van der Waals surface area contributed by atoms with Crippen LogP contribution >= 0.6 is 11.6 Å². The molecule has 0 unspecified atom stereocenters. The normalized spacial score (nSPS) is 13.0. The van der Waals surface area contributed by atoms with E-state index >= 15 is 0 Å². The molecule has 0 aromatic heterocycles. The minimum atomic E-state index is 0.846. The van der Waals surface area contributed by atoms with E-state index in [1.165, 1.54) is 167 Å². The molecule has 0 saturated heterocycles. The van der Waals surface area contributed by atoms with E-state index in [9.17, 15) is 0 Å². The van der Waals surface area contributed by atoms with Gasteiger partial charge in [0.2, 0.25) is 0 Å². The molecule has 1 saturated carbocycles. The van der Waals surface area contributed by atoms with Gasteiger partial charge >= 0.3 is 0 Å². The topological polar surface area (TPSA) is 0 Å². The van der Waals surface area contributed by atoms with Gasteiger partial charge in [-0.15, -0.1) is 11.6 Å². The predicted octanol–water partition coefficient (Wildman–Crippen LogP) is 11.4. The number of hydrogen-bond acceptors (Lipinski definition) is 0. The molecule has 1 heteroatoms. The molecule has 29 heavy (non-hydrogen) atoms. The lowest BCUT2D eigenvalue weighted by molar-refractivity contribution is 0.504. The second kappa shape index (κ2) is 28.3. The molecule has 0 spiro atoms. The molecule has 0 atom stereocenters. The molecule has 0 aromatic rings. The van der Waals surface area contributed by atoms with E-state index in [0.29, 0.717) is 0 Å². The second-order valence-corrected chi connectivity index (χ2v) is 9.91. The fourth-order valence-corrected chi connectivity index (χ4v) is 4.14. The van der Waals surface area contributed by atoms with Crippen LogP contribution < -0.4 is 0 Å². The van der Waals surface area contributed by atoms with Crippen molar-refractivity contribution in [2.24, 2.45) is 0 Å². The van der Waals surface area contributed by atoms with Crippen LogP contribution in [-0.2, 0) is 0 Å². The molecule has 1 aliphatic rings. The van der Waals surface area contributed by atoms with Crippen molar-refractivity contribution >= 4 is 11.6 Å². The highest BCUT2D eigenvalue weighted by Gasteiger charge is 1.96. The molecule has 0 N–H and O–H groups in total. The van der Waals surface area contributed by atoms with E-state index in [4.69, 9.17) is 11.6 Å². The van der Waals surface area contributed by atoms with Crippen LogP contribution in [0.15, 0.2) is 0 Å². The van der Waals surface area contributed by atoms with Crippen LogP contribution in [0.5, 0.6) is 0 Å². The van der Waals surface area contributed by atoms with Crippen molar-refractivity contribution < 1.29 is 0 Å². The molecular formula is C28H57Cl. The summed E-state index contributed by atoms with van der Waals surface area (Å²) in [6.45, 7) is 2.30. The highest BCUT2D eigenvalue weighted by atomic mass is 35.5. The van der Waals surface area contributed by atoms with Gasteiger partial charge < -0.3 is 0 Å². The van der Waals surface area contributed by atoms with E-state index in [0.717, 1.165) is 5.88 Å². The zero-order valence-electron chi connectivity index (χ0n) is 20.5. The largest absolute Gasteiger partial charge is 0.127 e. The van der Waals surface area contributed by atoms with Crippen LogP contribution in [0.1, 0.15) is 174 Å². The maximum absolute atomic E-state index is 5.69. The Labute approximate surface area is 191 Å². The molecule has 0 bridgehead atoms. The molecule has 0 aromatic carbocycles. The number of alkyl halides is 1. The summed E-state index contributed by atoms with van der Waals surface area (Å²) < 4.78 is 0. The van der Waals surface area contributed by atoms with Gasteiger partial charge in [-0.3, -0.25) is 0 Å². The van der Waals surface area contributed by atoms with Crippen molar-refractivity contribution in [3.63, 3.8) is 0 Å². The van der Waals surface area contributed by atoms with Crippen LogP contribution in [0.2, 0.25) is 0 Å². The van der Waals surface area contributed by atoms with Crippen molar-refractivity contribution in [3.8, 4) is 0 Å². The van der Waals surface area contributed by atoms with Crippen molar-refractivity contribution in [2.45, 2.75) is 174 Å². The van der Waals surface area contributed by atoms with Gasteiger partial charge in [0.25, 0.3) is 0 Å². The Bertz CT molecular complexity index is 233. The van der Waals surface area contributed by atoms with Gasteiger partial charge in [-0.05, 0) is 6.42 Å². The highest BCUT2D eigenvalue weighted by Crippen LogP contribution is 2.16. The maximum atomic E-state index is 5.69. The fraction of sp³-hybridized carbons (Fsp3) is 1.00. The van der Waals surface area contributed by atoms with Gasteiger partial charge in [-0.1, -0.05) is 167 Å². The number of hydrogen-bond donors (Lipinski definition) is 0. The molecule has 1 fully saturated rings. The summed E-state index contributed by atoms with van der Waals surface area (Å²) in [7, 11) is 0. The van der Waals surface area contributed by atoms with E-state index in [1.54, 1.807) is 0 Å². The van der Waals surface area contributed by atoms with Gasteiger partial charge in [0.1, 0.15) is 0 Å². The zero-order chi connectivity index (χ0) is 21.1. The monoisotopic (exact) mass is 428 g/mol. The summed E-state index contributed by atoms with van der Waals surface area (Å²) in [5.74, 6) is 0.846. The van der Waals surface area contributed by atoms with E-state index in [2.05, 4.69) is 6.92 Å². The molecule has 1 rings (SSSR count). The first-order valence-electron chi connectivity index (χ1n) is 14.0. The summed E-state index contributed by atoms with van der Waals surface area (Å²) in [5, 5.41) is 0. The molecular weight excluding hydrogens is 372 g/mol. The first-order valence-corrected chi connectivity index (χ1v) is 14.5. The van der Waals surface area contributed by atoms with Crippen LogP contribution in [0.25, 0.3) is 0 Å². The first-order chi connectivity index (χ1) is 14.4. The lowest BCUT2D eigenvalue weighted by Gasteiger charge is -2.05. The third-order valence-electron chi connectivity index (χ3n) is 6.49. The first kappa shape index (κ1) is 29.3. The van der Waals surface area contributed by atoms with Gasteiger partial charge in [-0.25, -0.2) is 0 Å². The number of rotatable bonds is 22. The molecule has 176 valence electrons. The van der Waals surface area contributed by atoms with Crippen molar-refractivity contribution in [3.05, 3.63) is 0 Å². The smallest absolute Gasteiger partial charge is 0.0223 e. The van der Waals surface area contributed by atoms with E-state index < -0.39 is 0 Å². The average molecular weight is 429 g/mol. The molecule has 1 aliphatic carbocycles. The summed E-state index contributed by atoms with van der Waals surface area (Å²) >= 11 is 5.69. The predicted molar refractivity (Wildman–Crippen MR) is 136 cm³/mol. The fourth-order valence-electron chi connectivity index (χ4n) is 3.95. The van der Waals surface area contributed by atoms with Gasteiger partial charge in [0, 0.05) is 5.88 Å². The van der Waals surface area contributed by atoms with Crippen LogP contribution in [-0.4, -0.2) is 5.88 Å². The van der Waals surface area contributed by atoms with E-state index in [1.807, 2.05) is 0 Å². The van der Waals surface area contributed by atoms with Crippen LogP contribution in [0.3, 0.4) is 0 Å². The zero-order valence-corrected chi connectivity index (χ0v) is 21.2. The van der Waals surface area contributed by atoms with E-state index in [-0.39, 0.29) is 0 Å². The Morgan fingerprint density at radius 1 is 0.345 bits per heavy atom. The average Bonchev–Trinajstić information content (AvgIpc) is 2.68. The quantitative estimate of drug-likeness (QED) is 0.119. The van der Waals surface area contributed by atoms with Crippen molar-refractivity contribution in [1.82, 2.24) is 0 Å². The minimum Gasteiger partial charge on any atom is -0.127 e. The highest BCUT2D eigenvalue weighted by molar-refractivity contribution is 6.17. The van der Waals surface area contributed by atoms with Crippen molar-refractivity contribution in [1.29, 1.82) is 0 Å². The van der Waals surface area contributed by atoms with Gasteiger partial charge in [-0.2, -0.15) is 0 Å². The Morgan fingerprint density at radius 2 is 0.552 bits per heavy atom. The summed E-state index contributed by atoms with van der Waals surface area (Å²) in [4.78, 5) is 0. The standard InChI is InChI=1S/C24H49Cl.C4H8/c1-2-3-4-5-6-7-8-9-10-11-12-13-14-15-16-17-18-19-20-21-22-23-24-25;1-2-4-3-1/h2-24H2,1H3;1-4H2. The number of unbranched alkanes of at least 4 members (excludes halogenated alkanes) is 21. The van der Waals surface area contributed by atoms with Gasteiger partial charge in [0.05, 0.1) is 0 Å². The Balaban J connectivity index is 0.00000172. The molecule has 0 heterocycles. The summed E-state index contributed by atoms with van der Waals surface area (Å²) in [5.41, 5.74) is 0. The lowest BCUT2D eigenvalue weighted by Crippen LogP contribution is -1.85. The Kier molecular flexibility index (Phi) is 28.6. The second-order valence-electron chi connectivity index (χ2n) is 9.53.